The second kappa shape index (κ2) is 5.58. The van der Waals surface area contributed by atoms with Crippen LogP contribution in [0.25, 0.3) is 0 Å². The lowest BCUT2D eigenvalue weighted by molar-refractivity contribution is 0.263. The summed E-state index contributed by atoms with van der Waals surface area (Å²) in [6.07, 6.45) is 8.70. The lowest BCUT2D eigenvalue weighted by atomic mass is 9.84. The van der Waals surface area contributed by atoms with Crippen LogP contribution in [-0.4, -0.2) is 23.1 Å². The van der Waals surface area contributed by atoms with Crippen molar-refractivity contribution in [2.75, 3.05) is 5.75 Å². The summed E-state index contributed by atoms with van der Waals surface area (Å²) in [7, 11) is 0. The molecule has 3 atom stereocenters. The molecule has 2 aliphatic rings. The first-order valence-corrected chi connectivity index (χ1v) is 7.70. The van der Waals surface area contributed by atoms with Gasteiger partial charge < -0.3 is 5.32 Å². The maximum atomic E-state index is 3.88. The highest BCUT2D eigenvalue weighted by atomic mass is 32.2. The van der Waals surface area contributed by atoms with Crippen LogP contribution in [0, 0.1) is 5.92 Å². The molecule has 1 aliphatic carbocycles. The third kappa shape index (κ3) is 3.13. The van der Waals surface area contributed by atoms with E-state index < -0.39 is 0 Å². The summed E-state index contributed by atoms with van der Waals surface area (Å²) in [5, 5.41) is 4.71. The SMILES string of the molecule is CC1SCCC1N[C@@H](C)C1CCCCC1. The van der Waals surface area contributed by atoms with Gasteiger partial charge in [-0.25, -0.2) is 0 Å². The first-order valence-electron chi connectivity index (χ1n) is 6.65. The standard InChI is InChI=1S/C13H25NS/c1-10(12-6-4-3-5-7-12)14-13-8-9-15-11(13)2/h10-14H,3-9H2,1-2H3/t10-,11?,13?/m0/s1. The summed E-state index contributed by atoms with van der Waals surface area (Å²) >= 11 is 2.13. The van der Waals surface area contributed by atoms with Crippen molar-refractivity contribution in [2.45, 2.75) is 69.7 Å². The van der Waals surface area contributed by atoms with Gasteiger partial charge in [-0.3, -0.25) is 0 Å². The zero-order valence-electron chi connectivity index (χ0n) is 10.2. The van der Waals surface area contributed by atoms with E-state index in [4.69, 9.17) is 0 Å². The monoisotopic (exact) mass is 227 g/mol. The Bertz CT molecular complexity index is 189. The highest BCUT2D eigenvalue weighted by Gasteiger charge is 2.28. The largest absolute Gasteiger partial charge is 0.310 e. The molecule has 1 aliphatic heterocycles. The summed E-state index contributed by atoms with van der Waals surface area (Å²) in [5.41, 5.74) is 0. The van der Waals surface area contributed by atoms with Gasteiger partial charge in [0.05, 0.1) is 0 Å². The van der Waals surface area contributed by atoms with Crippen LogP contribution in [0.5, 0.6) is 0 Å². The molecule has 1 saturated heterocycles. The Morgan fingerprint density at radius 3 is 2.47 bits per heavy atom. The van der Waals surface area contributed by atoms with Crippen molar-refractivity contribution in [1.82, 2.24) is 5.32 Å². The summed E-state index contributed by atoms with van der Waals surface area (Å²) < 4.78 is 0. The van der Waals surface area contributed by atoms with Crippen molar-refractivity contribution >= 4 is 11.8 Å². The van der Waals surface area contributed by atoms with E-state index in [0.717, 1.165) is 23.3 Å². The second-order valence-electron chi connectivity index (χ2n) is 5.32. The van der Waals surface area contributed by atoms with Crippen LogP contribution in [0.15, 0.2) is 0 Å². The zero-order valence-corrected chi connectivity index (χ0v) is 11.0. The van der Waals surface area contributed by atoms with Gasteiger partial charge in [-0.1, -0.05) is 26.2 Å². The Morgan fingerprint density at radius 1 is 1.13 bits per heavy atom. The molecule has 0 aromatic heterocycles. The third-order valence-corrected chi connectivity index (χ3v) is 5.54. The van der Waals surface area contributed by atoms with Crippen molar-refractivity contribution in [3.63, 3.8) is 0 Å². The molecule has 88 valence electrons. The van der Waals surface area contributed by atoms with Crippen LogP contribution in [0.3, 0.4) is 0 Å². The average molecular weight is 227 g/mol. The Balaban J connectivity index is 1.77. The van der Waals surface area contributed by atoms with Gasteiger partial charge in [-0.2, -0.15) is 11.8 Å². The molecule has 1 saturated carbocycles. The summed E-state index contributed by atoms with van der Waals surface area (Å²) in [6, 6.07) is 1.53. The molecule has 1 heterocycles. The van der Waals surface area contributed by atoms with Crippen LogP contribution in [0.2, 0.25) is 0 Å². The van der Waals surface area contributed by atoms with Crippen LogP contribution >= 0.6 is 11.8 Å². The van der Waals surface area contributed by atoms with Crippen molar-refractivity contribution in [3.05, 3.63) is 0 Å². The smallest absolute Gasteiger partial charge is 0.0194 e. The van der Waals surface area contributed by atoms with Gasteiger partial charge in [-0.05, 0) is 37.9 Å². The molecule has 2 rings (SSSR count). The van der Waals surface area contributed by atoms with E-state index in [-0.39, 0.29) is 0 Å². The van der Waals surface area contributed by atoms with E-state index >= 15 is 0 Å². The number of hydrogen-bond acceptors (Lipinski definition) is 2. The molecule has 15 heavy (non-hydrogen) atoms. The van der Waals surface area contributed by atoms with E-state index in [1.807, 2.05) is 0 Å². The van der Waals surface area contributed by atoms with Gasteiger partial charge in [0.15, 0.2) is 0 Å². The Labute approximate surface area is 98.8 Å². The van der Waals surface area contributed by atoms with Gasteiger partial charge >= 0.3 is 0 Å². The minimum atomic E-state index is 0.747. The Morgan fingerprint density at radius 2 is 1.87 bits per heavy atom. The molecule has 0 bridgehead atoms. The van der Waals surface area contributed by atoms with Gasteiger partial charge in [0, 0.05) is 17.3 Å². The molecular formula is C13H25NS. The summed E-state index contributed by atoms with van der Waals surface area (Å²) in [5.74, 6) is 2.31. The number of rotatable bonds is 3. The fourth-order valence-electron chi connectivity index (χ4n) is 3.06. The number of nitrogens with one attached hydrogen (secondary N) is 1. The molecule has 2 heteroatoms. The lowest BCUT2D eigenvalue weighted by Gasteiger charge is -2.31. The highest BCUT2D eigenvalue weighted by Crippen LogP contribution is 2.30. The van der Waals surface area contributed by atoms with E-state index in [2.05, 4.69) is 30.9 Å². The quantitative estimate of drug-likeness (QED) is 0.792. The fraction of sp³-hybridized carbons (Fsp3) is 1.00. The van der Waals surface area contributed by atoms with Crippen LogP contribution in [0.4, 0.5) is 0 Å². The van der Waals surface area contributed by atoms with Gasteiger partial charge in [0.2, 0.25) is 0 Å². The molecule has 1 N–H and O–H groups in total. The molecule has 0 aromatic rings. The predicted octanol–water partition coefficient (Wildman–Crippen LogP) is 3.44. The highest BCUT2D eigenvalue weighted by molar-refractivity contribution is 8.00. The van der Waals surface area contributed by atoms with Gasteiger partial charge in [0.25, 0.3) is 0 Å². The minimum absolute atomic E-state index is 0.747. The van der Waals surface area contributed by atoms with E-state index in [1.165, 1.54) is 44.3 Å². The maximum Gasteiger partial charge on any atom is 0.0194 e. The molecule has 1 nitrogen and oxygen atoms in total. The lowest BCUT2D eigenvalue weighted by Crippen LogP contribution is -2.43. The van der Waals surface area contributed by atoms with E-state index in [9.17, 15) is 0 Å². The Hall–Kier alpha value is 0.310. The summed E-state index contributed by atoms with van der Waals surface area (Å²) in [6.45, 7) is 4.79. The molecule has 2 unspecified atom stereocenters. The van der Waals surface area contributed by atoms with Crippen molar-refractivity contribution in [1.29, 1.82) is 0 Å². The molecule has 2 fully saturated rings. The van der Waals surface area contributed by atoms with Crippen LogP contribution < -0.4 is 5.32 Å². The number of thioether (sulfide) groups is 1. The zero-order chi connectivity index (χ0) is 10.7. The predicted molar refractivity (Wildman–Crippen MR) is 69.5 cm³/mol. The van der Waals surface area contributed by atoms with Crippen LogP contribution in [0.1, 0.15) is 52.4 Å². The fourth-order valence-corrected chi connectivity index (χ4v) is 4.27. The van der Waals surface area contributed by atoms with Gasteiger partial charge in [-0.15, -0.1) is 0 Å². The normalized spacial score (nSPS) is 35.6. The first-order chi connectivity index (χ1) is 7.27. The molecule has 0 aromatic carbocycles. The second-order valence-corrected chi connectivity index (χ2v) is 6.81. The van der Waals surface area contributed by atoms with Crippen molar-refractivity contribution < 1.29 is 0 Å². The van der Waals surface area contributed by atoms with Crippen LogP contribution in [-0.2, 0) is 0 Å². The molecule has 0 amide bonds. The van der Waals surface area contributed by atoms with Crippen molar-refractivity contribution in [3.8, 4) is 0 Å². The third-order valence-electron chi connectivity index (χ3n) is 4.21. The van der Waals surface area contributed by atoms with E-state index in [1.54, 1.807) is 0 Å². The van der Waals surface area contributed by atoms with Gasteiger partial charge in [0.1, 0.15) is 0 Å². The summed E-state index contributed by atoms with van der Waals surface area (Å²) in [4.78, 5) is 0. The molecule has 0 radical (unpaired) electrons. The van der Waals surface area contributed by atoms with E-state index in [0.29, 0.717) is 0 Å². The maximum absolute atomic E-state index is 3.88. The molecule has 0 spiro atoms. The average Bonchev–Trinajstić information content (AvgIpc) is 2.66. The van der Waals surface area contributed by atoms with Crippen molar-refractivity contribution in [2.24, 2.45) is 5.92 Å². The topological polar surface area (TPSA) is 12.0 Å². The molecular weight excluding hydrogens is 202 g/mol. The minimum Gasteiger partial charge on any atom is -0.310 e. The first kappa shape index (κ1) is 11.8. The number of hydrogen-bond donors (Lipinski definition) is 1. The Kier molecular flexibility index (Phi) is 4.39.